The number of nitrogens with zero attached hydrogens (tertiary/aromatic N) is 2. The fraction of sp³-hybridized carbons (Fsp3) is 0.316. The third-order valence-electron chi connectivity index (χ3n) is 7.82. The third-order valence-corrected chi connectivity index (χ3v) is 7.82. The zero-order valence-electron chi connectivity index (χ0n) is 28.3. The molecule has 258 valence electrons. The van der Waals surface area contributed by atoms with Gasteiger partial charge in [-0.15, -0.1) is 0 Å². The fourth-order valence-electron chi connectivity index (χ4n) is 5.18. The van der Waals surface area contributed by atoms with Crippen LogP contribution in [0.5, 0.6) is 0 Å². The number of alkyl carbamates (subject to hydrolysis) is 2. The van der Waals surface area contributed by atoms with Crippen molar-refractivity contribution in [1.82, 2.24) is 26.1 Å². The highest BCUT2D eigenvalue weighted by atomic mass is 16.5. The number of benzene rings is 3. The smallest absolute Gasteiger partial charge is 0.407 e. The number of amides is 3. The van der Waals surface area contributed by atoms with Crippen molar-refractivity contribution in [3.8, 4) is 11.3 Å². The Morgan fingerprint density at radius 1 is 0.796 bits per heavy atom. The van der Waals surface area contributed by atoms with Crippen LogP contribution in [0, 0.1) is 5.41 Å². The number of aliphatic hydroxyl groups is 1. The van der Waals surface area contributed by atoms with Crippen LogP contribution in [0.4, 0.5) is 9.59 Å². The van der Waals surface area contributed by atoms with E-state index in [1.54, 1.807) is 11.2 Å². The summed E-state index contributed by atoms with van der Waals surface area (Å²) in [6, 6.07) is 30.5. The summed E-state index contributed by atoms with van der Waals surface area (Å²) in [5.41, 5.74) is 6.55. The number of nitrogens with one attached hydrogen (secondary N) is 3. The molecule has 0 aliphatic rings. The van der Waals surface area contributed by atoms with Gasteiger partial charge in [-0.25, -0.2) is 14.6 Å². The Labute approximate surface area is 287 Å². The van der Waals surface area contributed by atoms with Crippen molar-refractivity contribution in [1.29, 1.82) is 0 Å². The number of carbonyl (C=O) groups excluding carboxylic acids is 3. The summed E-state index contributed by atoms with van der Waals surface area (Å²) >= 11 is 0. The molecule has 3 amide bonds. The van der Waals surface area contributed by atoms with Crippen molar-refractivity contribution in [2.45, 2.75) is 58.5 Å². The number of hydrogen-bond acceptors (Lipinski definition) is 8. The Bertz CT molecular complexity index is 1620. The summed E-state index contributed by atoms with van der Waals surface area (Å²) in [6.07, 6.45) is -0.545. The molecule has 3 atom stereocenters. The van der Waals surface area contributed by atoms with Crippen molar-refractivity contribution in [2.24, 2.45) is 5.41 Å². The summed E-state index contributed by atoms with van der Waals surface area (Å²) in [4.78, 5) is 43.3. The highest BCUT2D eigenvalue weighted by Gasteiger charge is 2.35. The molecule has 11 nitrogen and oxygen atoms in total. The van der Waals surface area contributed by atoms with Gasteiger partial charge < -0.3 is 25.2 Å². The lowest BCUT2D eigenvalue weighted by molar-refractivity contribution is -0.131. The predicted octanol–water partition coefficient (Wildman–Crippen LogP) is 5.25. The standard InChI is InChI=1S/C38H45N5O6/c1-38(2,3)34(41-36(46)48-4)35(45)42-43(24-28-18-20-30(21-19-28)31-17-11-12-22-39-31)25-33(44)32(23-27-13-7-5-8-14-27)40-37(47)49-26-29-15-9-6-10-16-29/h5-22,32-34,44H,23-26H2,1-4H3,(H,40,47)(H,41,46)(H,42,45)/t32-,33-,34-/m0/s1. The van der Waals surface area contributed by atoms with E-state index in [-0.39, 0.29) is 19.7 Å². The number of aliphatic hydroxyl groups excluding tert-OH is 1. The predicted molar refractivity (Wildman–Crippen MR) is 187 cm³/mol. The summed E-state index contributed by atoms with van der Waals surface area (Å²) < 4.78 is 10.2. The topological polar surface area (TPSA) is 142 Å². The second kappa shape index (κ2) is 17.8. The maximum atomic E-state index is 13.7. The number of methoxy groups -OCH3 is 1. The van der Waals surface area contributed by atoms with Gasteiger partial charge in [-0.2, -0.15) is 0 Å². The van der Waals surface area contributed by atoms with Crippen molar-refractivity contribution >= 4 is 18.1 Å². The van der Waals surface area contributed by atoms with Crippen LogP contribution in [0.25, 0.3) is 11.3 Å². The molecular formula is C38H45N5O6. The van der Waals surface area contributed by atoms with Crippen LogP contribution in [0.2, 0.25) is 0 Å². The molecular weight excluding hydrogens is 622 g/mol. The van der Waals surface area contributed by atoms with Gasteiger partial charge in [0.25, 0.3) is 5.91 Å². The molecule has 49 heavy (non-hydrogen) atoms. The van der Waals surface area contributed by atoms with Crippen LogP contribution in [0.1, 0.15) is 37.5 Å². The fourth-order valence-corrected chi connectivity index (χ4v) is 5.18. The molecule has 0 radical (unpaired) electrons. The highest BCUT2D eigenvalue weighted by molar-refractivity contribution is 5.86. The van der Waals surface area contributed by atoms with Crippen LogP contribution in [0.3, 0.4) is 0 Å². The number of carbonyl (C=O) groups is 3. The van der Waals surface area contributed by atoms with E-state index in [0.717, 1.165) is 27.9 Å². The van der Waals surface area contributed by atoms with Gasteiger partial charge in [-0.1, -0.05) is 112 Å². The molecule has 0 saturated heterocycles. The summed E-state index contributed by atoms with van der Waals surface area (Å²) in [5, 5.41) is 18.7. The van der Waals surface area contributed by atoms with Gasteiger partial charge >= 0.3 is 12.2 Å². The van der Waals surface area contributed by atoms with Crippen LogP contribution >= 0.6 is 0 Å². The maximum Gasteiger partial charge on any atom is 0.407 e. The first-order chi connectivity index (χ1) is 23.5. The van der Waals surface area contributed by atoms with Gasteiger partial charge in [0.15, 0.2) is 0 Å². The molecule has 1 heterocycles. The lowest BCUT2D eigenvalue weighted by Gasteiger charge is -2.34. The largest absolute Gasteiger partial charge is 0.453 e. The maximum absolute atomic E-state index is 13.7. The van der Waals surface area contributed by atoms with Crippen LogP contribution in [0.15, 0.2) is 109 Å². The minimum absolute atomic E-state index is 0.0683. The average molecular weight is 668 g/mol. The minimum atomic E-state index is -1.15. The molecule has 4 N–H and O–H groups in total. The number of rotatable bonds is 14. The Morgan fingerprint density at radius 3 is 2.02 bits per heavy atom. The second-order valence-corrected chi connectivity index (χ2v) is 12.8. The first-order valence-corrected chi connectivity index (χ1v) is 16.1. The molecule has 3 aromatic carbocycles. The van der Waals surface area contributed by atoms with E-state index in [1.165, 1.54) is 7.11 Å². The first kappa shape index (κ1) is 36.6. The Morgan fingerprint density at radius 2 is 1.43 bits per heavy atom. The van der Waals surface area contributed by atoms with E-state index in [9.17, 15) is 19.5 Å². The zero-order chi connectivity index (χ0) is 35.2. The van der Waals surface area contributed by atoms with E-state index < -0.39 is 41.7 Å². The van der Waals surface area contributed by atoms with Gasteiger partial charge in [0.05, 0.1) is 24.9 Å². The Hall–Kier alpha value is -5.26. The number of ether oxygens (including phenoxy) is 2. The molecule has 0 unspecified atom stereocenters. The van der Waals surface area contributed by atoms with Gasteiger partial charge in [0, 0.05) is 24.8 Å². The van der Waals surface area contributed by atoms with Crippen LogP contribution < -0.4 is 16.1 Å². The quantitative estimate of drug-likeness (QED) is 0.134. The van der Waals surface area contributed by atoms with E-state index in [1.807, 2.05) is 124 Å². The van der Waals surface area contributed by atoms with Crippen molar-refractivity contribution in [3.63, 3.8) is 0 Å². The number of hydrogen-bond donors (Lipinski definition) is 4. The van der Waals surface area contributed by atoms with Crippen LogP contribution in [-0.2, 0) is 33.8 Å². The normalized spacial score (nSPS) is 13.1. The van der Waals surface area contributed by atoms with E-state index >= 15 is 0 Å². The zero-order valence-corrected chi connectivity index (χ0v) is 28.3. The second-order valence-electron chi connectivity index (χ2n) is 12.8. The minimum Gasteiger partial charge on any atom is -0.453 e. The molecule has 0 bridgehead atoms. The van der Waals surface area contributed by atoms with E-state index in [0.29, 0.717) is 6.42 Å². The molecule has 0 aliphatic carbocycles. The van der Waals surface area contributed by atoms with E-state index in [4.69, 9.17) is 9.47 Å². The number of hydrazine groups is 1. The molecule has 4 aromatic rings. The average Bonchev–Trinajstić information content (AvgIpc) is 3.10. The van der Waals surface area contributed by atoms with Crippen molar-refractivity contribution < 1.29 is 29.0 Å². The molecule has 1 aromatic heterocycles. The van der Waals surface area contributed by atoms with Gasteiger partial charge in [0.2, 0.25) is 0 Å². The molecule has 0 fully saturated rings. The highest BCUT2D eigenvalue weighted by Crippen LogP contribution is 2.21. The molecule has 0 aliphatic heterocycles. The number of aromatic nitrogens is 1. The lowest BCUT2D eigenvalue weighted by atomic mass is 9.86. The molecule has 11 heteroatoms. The lowest BCUT2D eigenvalue weighted by Crippen LogP contribution is -2.59. The molecule has 4 rings (SSSR count). The van der Waals surface area contributed by atoms with Crippen molar-refractivity contribution in [3.05, 3.63) is 126 Å². The molecule has 0 saturated carbocycles. The Balaban J connectivity index is 1.56. The SMILES string of the molecule is COC(=O)N[C@@H](C(=O)NN(Cc1ccc(-c2ccccn2)cc1)C[C@H](O)[C@H](Cc1ccccc1)NC(=O)OCc1ccccc1)C(C)(C)C. The summed E-state index contributed by atoms with van der Waals surface area (Å²) in [5.74, 6) is -0.495. The number of pyridine rings is 1. The van der Waals surface area contributed by atoms with Gasteiger partial charge in [-0.3, -0.25) is 15.2 Å². The van der Waals surface area contributed by atoms with Crippen LogP contribution in [-0.4, -0.2) is 65.0 Å². The summed E-state index contributed by atoms with van der Waals surface area (Å²) in [7, 11) is 1.23. The van der Waals surface area contributed by atoms with Gasteiger partial charge in [0.1, 0.15) is 12.6 Å². The molecule has 0 spiro atoms. The summed E-state index contributed by atoms with van der Waals surface area (Å²) in [6.45, 7) is 5.67. The monoisotopic (exact) mass is 667 g/mol. The Kier molecular flexibility index (Phi) is 13.3. The van der Waals surface area contributed by atoms with Crippen molar-refractivity contribution in [2.75, 3.05) is 13.7 Å². The first-order valence-electron chi connectivity index (χ1n) is 16.1. The van der Waals surface area contributed by atoms with Gasteiger partial charge in [-0.05, 0) is 40.7 Å². The third kappa shape index (κ3) is 11.7. The van der Waals surface area contributed by atoms with E-state index in [2.05, 4.69) is 21.0 Å².